The number of H-pyrrole nitrogens is 1. The third-order valence-corrected chi connectivity index (χ3v) is 6.91. The Labute approximate surface area is 160 Å². The van der Waals surface area contributed by atoms with Crippen LogP contribution in [-0.2, 0) is 0 Å². The minimum Gasteiger partial charge on any atom is -0.372 e. The predicted molar refractivity (Wildman–Crippen MR) is 107 cm³/mol. The molecule has 4 heterocycles. The van der Waals surface area contributed by atoms with E-state index in [0.29, 0.717) is 17.8 Å². The Bertz CT molecular complexity index is 826. The van der Waals surface area contributed by atoms with Crippen LogP contribution in [0.4, 0.5) is 5.69 Å². The van der Waals surface area contributed by atoms with Gasteiger partial charge in [-0.1, -0.05) is 6.42 Å². The second-order valence-electron chi connectivity index (χ2n) is 8.54. The van der Waals surface area contributed by atoms with Crippen LogP contribution < -0.4 is 10.2 Å². The zero-order valence-electron chi connectivity index (χ0n) is 16.1. The molecule has 0 aliphatic carbocycles. The molecule has 1 aromatic heterocycles. The summed E-state index contributed by atoms with van der Waals surface area (Å²) in [4.78, 5) is 17.9. The van der Waals surface area contributed by atoms with Gasteiger partial charge in [0.15, 0.2) is 5.69 Å². The van der Waals surface area contributed by atoms with Gasteiger partial charge < -0.3 is 15.1 Å². The second-order valence-corrected chi connectivity index (χ2v) is 8.54. The smallest absolute Gasteiger partial charge is 0.272 e. The molecule has 2 N–H and O–H groups in total. The molecular formula is C21H29N5O. The quantitative estimate of drug-likeness (QED) is 0.876. The minimum atomic E-state index is -0.0348. The highest BCUT2D eigenvalue weighted by Crippen LogP contribution is 2.33. The number of fused-ring (bicyclic) bond motifs is 3. The summed E-state index contributed by atoms with van der Waals surface area (Å²) in [7, 11) is 2.24. The fourth-order valence-electron chi connectivity index (χ4n) is 5.33. The van der Waals surface area contributed by atoms with Gasteiger partial charge in [-0.25, -0.2) is 0 Å². The number of amides is 1. The number of nitrogens with zero attached hydrogens (tertiary/aromatic N) is 3. The first-order valence-electron chi connectivity index (χ1n) is 10.4. The normalized spacial score (nSPS) is 28.6. The molecule has 1 aromatic carbocycles. The van der Waals surface area contributed by atoms with E-state index in [1.165, 1.54) is 37.8 Å². The molecule has 27 heavy (non-hydrogen) atoms. The highest BCUT2D eigenvalue weighted by Gasteiger charge is 2.36. The lowest BCUT2D eigenvalue weighted by molar-refractivity contribution is 0.0462. The van der Waals surface area contributed by atoms with E-state index in [-0.39, 0.29) is 11.9 Å². The van der Waals surface area contributed by atoms with Crippen LogP contribution in [0.1, 0.15) is 55.4 Å². The van der Waals surface area contributed by atoms with Crippen LogP contribution in [0.25, 0.3) is 10.9 Å². The Kier molecular flexibility index (Phi) is 4.31. The zero-order valence-corrected chi connectivity index (χ0v) is 16.1. The summed E-state index contributed by atoms with van der Waals surface area (Å²) in [6.45, 7) is 2.20. The van der Waals surface area contributed by atoms with E-state index in [0.717, 1.165) is 36.8 Å². The molecule has 0 radical (unpaired) electrons. The lowest BCUT2D eigenvalue weighted by Crippen LogP contribution is -2.55. The van der Waals surface area contributed by atoms with Crippen LogP contribution in [0.15, 0.2) is 18.2 Å². The first-order chi connectivity index (χ1) is 13.2. The summed E-state index contributed by atoms with van der Waals surface area (Å²) in [6, 6.07) is 7.79. The Morgan fingerprint density at radius 2 is 1.89 bits per heavy atom. The Morgan fingerprint density at radius 3 is 2.63 bits per heavy atom. The molecule has 2 aromatic rings. The number of carbonyl (C=O) groups excluding carboxylic acids is 1. The summed E-state index contributed by atoms with van der Waals surface area (Å²) in [5.74, 6) is -0.0348. The van der Waals surface area contributed by atoms with Gasteiger partial charge in [0.05, 0.1) is 5.52 Å². The van der Waals surface area contributed by atoms with E-state index in [9.17, 15) is 4.79 Å². The molecule has 3 saturated heterocycles. The van der Waals surface area contributed by atoms with E-state index in [4.69, 9.17) is 0 Å². The molecule has 6 heteroatoms. The molecule has 3 atom stereocenters. The van der Waals surface area contributed by atoms with Gasteiger partial charge in [0.2, 0.25) is 0 Å². The number of hydrogen-bond acceptors (Lipinski definition) is 4. The number of hydrogen-bond donors (Lipinski definition) is 2. The minimum absolute atomic E-state index is 0.0348. The molecule has 0 unspecified atom stereocenters. The molecule has 144 valence electrons. The molecule has 1 amide bonds. The van der Waals surface area contributed by atoms with Crippen molar-refractivity contribution < 1.29 is 4.79 Å². The van der Waals surface area contributed by atoms with Gasteiger partial charge in [-0.2, -0.15) is 5.10 Å². The number of benzene rings is 1. The van der Waals surface area contributed by atoms with Crippen LogP contribution in [0.3, 0.4) is 0 Å². The number of rotatable bonds is 3. The number of aromatic nitrogens is 2. The summed E-state index contributed by atoms with van der Waals surface area (Å²) in [6.07, 6.45) is 8.43. The molecule has 5 rings (SSSR count). The zero-order chi connectivity index (χ0) is 18.4. The van der Waals surface area contributed by atoms with Gasteiger partial charge in [0.1, 0.15) is 0 Å². The SMILES string of the molecule is CN1[C@@H]2CCC[C@H]1C[C@@H](NC(=O)c1n[nH]c3ccc(N4CCCC4)cc13)C2. The van der Waals surface area contributed by atoms with Gasteiger partial charge >= 0.3 is 0 Å². The molecular weight excluding hydrogens is 338 g/mol. The molecule has 0 saturated carbocycles. The Hall–Kier alpha value is -2.08. The number of piperidine rings is 2. The van der Waals surface area contributed by atoms with E-state index in [1.54, 1.807) is 0 Å². The van der Waals surface area contributed by atoms with Crippen molar-refractivity contribution in [2.45, 2.75) is 63.1 Å². The Balaban J connectivity index is 1.35. The van der Waals surface area contributed by atoms with Gasteiger partial charge in [-0.05, 0) is 63.8 Å². The molecule has 3 fully saturated rings. The number of anilines is 1. The van der Waals surface area contributed by atoms with Gasteiger partial charge in [0.25, 0.3) is 5.91 Å². The van der Waals surface area contributed by atoms with E-state index < -0.39 is 0 Å². The summed E-state index contributed by atoms with van der Waals surface area (Å²) >= 11 is 0. The summed E-state index contributed by atoms with van der Waals surface area (Å²) in [5.41, 5.74) is 2.67. The van der Waals surface area contributed by atoms with Crippen LogP contribution in [0.5, 0.6) is 0 Å². The lowest BCUT2D eigenvalue weighted by Gasteiger charge is -2.47. The number of nitrogens with one attached hydrogen (secondary N) is 2. The topological polar surface area (TPSA) is 64.3 Å². The van der Waals surface area contributed by atoms with Crippen molar-refractivity contribution in [3.05, 3.63) is 23.9 Å². The molecule has 3 aliphatic heterocycles. The van der Waals surface area contributed by atoms with E-state index >= 15 is 0 Å². The second kappa shape index (κ2) is 6.82. The van der Waals surface area contributed by atoms with Crippen molar-refractivity contribution in [1.29, 1.82) is 0 Å². The average molecular weight is 367 g/mol. The first kappa shape index (κ1) is 17.0. The largest absolute Gasteiger partial charge is 0.372 e. The standard InChI is InChI=1S/C21H29N5O/c1-25-15-5-4-6-16(25)12-14(11-15)22-21(27)20-18-13-17(26-9-2-3-10-26)7-8-19(18)23-24-20/h7-8,13-16H,2-6,9-12H2,1H3,(H,22,27)(H,23,24)/t14-,15+,16-. The lowest BCUT2D eigenvalue weighted by atomic mass is 9.82. The molecule has 6 nitrogen and oxygen atoms in total. The van der Waals surface area contributed by atoms with Gasteiger partial charge in [-0.15, -0.1) is 0 Å². The highest BCUT2D eigenvalue weighted by atomic mass is 16.2. The van der Waals surface area contributed by atoms with Gasteiger partial charge in [-0.3, -0.25) is 9.89 Å². The fraction of sp³-hybridized carbons (Fsp3) is 0.619. The molecule has 0 spiro atoms. The van der Waals surface area contributed by atoms with Crippen molar-refractivity contribution in [2.24, 2.45) is 0 Å². The highest BCUT2D eigenvalue weighted by molar-refractivity contribution is 6.05. The van der Waals surface area contributed by atoms with Crippen molar-refractivity contribution in [3.8, 4) is 0 Å². The summed E-state index contributed by atoms with van der Waals surface area (Å²) in [5, 5.41) is 11.6. The monoisotopic (exact) mass is 367 g/mol. The van der Waals surface area contributed by atoms with Crippen molar-refractivity contribution in [1.82, 2.24) is 20.4 Å². The maximum Gasteiger partial charge on any atom is 0.272 e. The fourth-order valence-corrected chi connectivity index (χ4v) is 5.33. The van der Waals surface area contributed by atoms with Crippen LogP contribution in [0.2, 0.25) is 0 Å². The third kappa shape index (κ3) is 3.10. The third-order valence-electron chi connectivity index (χ3n) is 6.91. The first-order valence-corrected chi connectivity index (χ1v) is 10.4. The van der Waals surface area contributed by atoms with Gasteiger partial charge in [0, 0.05) is 42.3 Å². The van der Waals surface area contributed by atoms with Crippen molar-refractivity contribution in [2.75, 3.05) is 25.0 Å². The van der Waals surface area contributed by atoms with E-state index in [2.05, 4.69) is 44.5 Å². The summed E-state index contributed by atoms with van der Waals surface area (Å²) < 4.78 is 0. The maximum atomic E-state index is 13.0. The van der Waals surface area contributed by atoms with Crippen LogP contribution in [0, 0.1) is 0 Å². The maximum absolute atomic E-state index is 13.0. The molecule has 3 aliphatic rings. The van der Waals surface area contributed by atoms with E-state index in [1.807, 2.05) is 6.07 Å². The van der Waals surface area contributed by atoms with Crippen molar-refractivity contribution >= 4 is 22.5 Å². The average Bonchev–Trinajstić information content (AvgIpc) is 3.31. The van der Waals surface area contributed by atoms with Crippen LogP contribution in [-0.4, -0.2) is 59.3 Å². The number of aromatic amines is 1. The number of carbonyl (C=O) groups is 1. The predicted octanol–water partition coefficient (Wildman–Crippen LogP) is 2.91. The van der Waals surface area contributed by atoms with Crippen LogP contribution >= 0.6 is 0 Å². The molecule has 2 bridgehead atoms. The Morgan fingerprint density at radius 1 is 1.15 bits per heavy atom. The van der Waals surface area contributed by atoms with Crippen molar-refractivity contribution in [3.63, 3.8) is 0 Å².